The zero-order chi connectivity index (χ0) is 16.0. The molecule has 0 saturated heterocycles. The van der Waals surface area contributed by atoms with E-state index >= 15 is 0 Å². The predicted octanol–water partition coefficient (Wildman–Crippen LogP) is 3.63. The van der Waals surface area contributed by atoms with Crippen molar-refractivity contribution in [2.45, 2.75) is 11.6 Å². The molecule has 0 amide bonds. The van der Waals surface area contributed by atoms with Crippen LogP contribution in [-0.2, 0) is 13.6 Å². The van der Waals surface area contributed by atoms with Crippen LogP contribution in [0, 0.1) is 0 Å². The molecule has 0 aliphatic carbocycles. The van der Waals surface area contributed by atoms with Gasteiger partial charge in [0.15, 0.2) is 0 Å². The molecule has 4 nitrogen and oxygen atoms in total. The SMILES string of the molecule is COP(=O)(OC)[C@H](CN)C(c1ccccc1)c1ccccc1. The summed E-state index contributed by atoms with van der Waals surface area (Å²) >= 11 is 0. The molecule has 118 valence electrons. The Labute approximate surface area is 131 Å². The fourth-order valence-corrected chi connectivity index (χ4v) is 4.41. The average molecular weight is 319 g/mol. The molecule has 5 heteroatoms. The molecule has 0 unspecified atom stereocenters. The van der Waals surface area contributed by atoms with Gasteiger partial charge < -0.3 is 14.8 Å². The van der Waals surface area contributed by atoms with E-state index in [4.69, 9.17) is 14.8 Å². The van der Waals surface area contributed by atoms with Gasteiger partial charge in [0.05, 0.1) is 5.66 Å². The highest BCUT2D eigenvalue weighted by atomic mass is 31.2. The van der Waals surface area contributed by atoms with Gasteiger partial charge in [0.1, 0.15) is 0 Å². The van der Waals surface area contributed by atoms with Crippen molar-refractivity contribution in [3.63, 3.8) is 0 Å². The van der Waals surface area contributed by atoms with Crippen LogP contribution in [0.4, 0.5) is 0 Å². The molecule has 2 rings (SSSR count). The average Bonchev–Trinajstić information content (AvgIpc) is 2.60. The van der Waals surface area contributed by atoms with E-state index in [9.17, 15) is 4.57 Å². The zero-order valence-corrected chi connectivity index (χ0v) is 13.8. The molecule has 0 saturated carbocycles. The number of hydrogen-bond acceptors (Lipinski definition) is 4. The normalized spacial score (nSPS) is 13.3. The van der Waals surface area contributed by atoms with E-state index in [1.807, 2.05) is 60.7 Å². The minimum absolute atomic E-state index is 0.155. The summed E-state index contributed by atoms with van der Waals surface area (Å²) < 4.78 is 23.4. The molecule has 0 aromatic heterocycles. The summed E-state index contributed by atoms with van der Waals surface area (Å²) in [5.41, 5.74) is 7.58. The first kappa shape index (κ1) is 16.9. The summed E-state index contributed by atoms with van der Waals surface area (Å²) in [6.45, 7) is 0.202. The van der Waals surface area contributed by atoms with Crippen molar-refractivity contribution in [2.75, 3.05) is 20.8 Å². The Bertz CT molecular complexity index is 571. The van der Waals surface area contributed by atoms with E-state index in [-0.39, 0.29) is 12.5 Å². The second kappa shape index (κ2) is 7.70. The van der Waals surface area contributed by atoms with Gasteiger partial charge in [-0.15, -0.1) is 0 Å². The summed E-state index contributed by atoms with van der Waals surface area (Å²) in [5.74, 6) is -0.155. The van der Waals surface area contributed by atoms with Gasteiger partial charge in [-0.25, -0.2) is 0 Å². The van der Waals surface area contributed by atoms with Crippen molar-refractivity contribution in [1.29, 1.82) is 0 Å². The Balaban J connectivity index is 2.55. The number of nitrogens with two attached hydrogens (primary N) is 1. The van der Waals surface area contributed by atoms with Crippen LogP contribution < -0.4 is 5.73 Å². The van der Waals surface area contributed by atoms with E-state index < -0.39 is 13.3 Å². The Kier molecular flexibility index (Phi) is 5.92. The molecule has 0 bridgehead atoms. The second-order valence-electron chi connectivity index (χ2n) is 5.01. The van der Waals surface area contributed by atoms with Gasteiger partial charge in [-0.05, 0) is 11.1 Å². The minimum atomic E-state index is -3.30. The number of hydrogen-bond donors (Lipinski definition) is 1. The maximum atomic E-state index is 12.9. The third kappa shape index (κ3) is 3.47. The van der Waals surface area contributed by atoms with E-state index in [2.05, 4.69) is 0 Å². The van der Waals surface area contributed by atoms with Crippen LogP contribution in [0.25, 0.3) is 0 Å². The summed E-state index contributed by atoms with van der Waals surface area (Å²) in [5, 5.41) is 0. The lowest BCUT2D eigenvalue weighted by Gasteiger charge is -2.31. The maximum absolute atomic E-state index is 12.9. The molecule has 0 fully saturated rings. The highest BCUT2D eigenvalue weighted by Gasteiger charge is 2.40. The van der Waals surface area contributed by atoms with Crippen molar-refractivity contribution in [1.82, 2.24) is 0 Å². The molecule has 2 aromatic rings. The van der Waals surface area contributed by atoms with Gasteiger partial charge in [-0.2, -0.15) is 0 Å². The first-order chi connectivity index (χ1) is 10.7. The van der Waals surface area contributed by atoms with Crippen molar-refractivity contribution in [3.05, 3.63) is 71.8 Å². The van der Waals surface area contributed by atoms with Crippen LogP contribution >= 0.6 is 7.60 Å². The predicted molar refractivity (Wildman–Crippen MR) is 89.2 cm³/mol. The van der Waals surface area contributed by atoms with Crippen LogP contribution in [0.2, 0.25) is 0 Å². The van der Waals surface area contributed by atoms with Gasteiger partial charge in [0, 0.05) is 26.7 Å². The zero-order valence-electron chi connectivity index (χ0n) is 12.9. The monoisotopic (exact) mass is 319 g/mol. The van der Waals surface area contributed by atoms with Crippen LogP contribution in [0.15, 0.2) is 60.7 Å². The molecule has 0 aliphatic heterocycles. The molecule has 0 aliphatic rings. The lowest BCUT2D eigenvalue weighted by Crippen LogP contribution is -2.29. The molecule has 2 aromatic carbocycles. The first-order valence-corrected chi connectivity index (χ1v) is 8.78. The topological polar surface area (TPSA) is 61.5 Å². The van der Waals surface area contributed by atoms with Crippen molar-refractivity contribution < 1.29 is 13.6 Å². The van der Waals surface area contributed by atoms with Crippen molar-refractivity contribution in [3.8, 4) is 0 Å². The van der Waals surface area contributed by atoms with Crippen molar-refractivity contribution >= 4 is 7.60 Å². The highest BCUT2D eigenvalue weighted by molar-refractivity contribution is 7.54. The number of rotatable bonds is 7. The molecule has 0 radical (unpaired) electrons. The number of benzene rings is 2. The van der Waals surface area contributed by atoms with E-state index in [1.54, 1.807) is 0 Å². The molecule has 22 heavy (non-hydrogen) atoms. The fourth-order valence-electron chi connectivity index (χ4n) is 2.75. The highest BCUT2D eigenvalue weighted by Crippen LogP contribution is 2.57. The van der Waals surface area contributed by atoms with Crippen LogP contribution in [-0.4, -0.2) is 26.4 Å². The third-order valence-corrected chi connectivity index (χ3v) is 6.20. The molecule has 0 spiro atoms. The lowest BCUT2D eigenvalue weighted by atomic mass is 9.88. The Morgan fingerprint density at radius 2 is 1.32 bits per heavy atom. The molecule has 2 N–H and O–H groups in total. The van der Waals surface area contributed by atoms with E-state index in [0.717, 1.165) is 11.1 Å². The Morgan fingerprint density at radius 3 is 1.64 bits per heavy atom. The molecular formula is C17H22NO3P. The second-order valence-corrected chi connectivity index (χ2v) is 7.48. The maximum Gasteiger partial charge on any atom is 0.335 e. The Hall–Kier alpha value is -1.45. The lowest BCUT2D eigenvalue weighted by molar-refractivity contribution is 0.263. The molecule has 0 heterocycles. The van der Waals surface area contributed by atoms with Crippen LogP contribution in [0.1, 0.15) is 17.0 Å². The van der Waals surface area contributed by atoms with Gasteiger partial charge in [0.2, 0.25) is 0 Å². The van der Waals surface area contributed by atoms with Crippen LogP contribution in [0.3, 0.4) is 0 Å². The largest absolute Gasteiger partial charge is 0.335 e. The summed E-state index contributed by atoms with van der Waals surface area (Å²) in [4.78, 5) is 0. The first-order valence-electron chi connectivity index (χ1n) is 7.17. The van der Waals surface area contributed by atoms with Gasteiger partial charge >= 0.3 is 7.60 Å². The van der Waals surface area contributed by atoms with Gasteiger partial charge in [0.25, 0.3) is 0 Å². The third-order valence-electron chi connectivity index (χ3n) is 3.86. The smallest absolute Gasteiger partial charge is 0.330 e. The standard InChI is InChI=1S/C17H22NO3P/c1-20-22(19,21-2)16(13-18)17(14-9-5-3-6-10-14)15-11-7-4-8-12-15/h3-12,16-17H,13,18H2,1-2H3/t16-/m1/s1. The quantitative estimate of drug-likeness (QED) is 0.792. The van der Waals surface area contributed by atoms with Gasteiger partial charge in [-0.1, -0.05) is 60.7 Å². The van der Waals surface area contributed by atoms with Crippen LogP contribution in [0.5, 0.6) is 0 Å². The Morgan fingerprint density at radius 1 is 0.909 bits per heavy atom. The van der Waals surface area contributed by atoms with E-state index in [0.29, 0.717) is 0 Å². The van der Waals surface area contributed by atoms with Crippen molar-refractivity contribution in [2.24, 2.45) is 5.73 Å². The summed E-state index contributed by atoms with van der Waals surface area (Å²) in [6, 6.07) is 19.8. The fraction of sp³-hybridized carbons (Fsp3) is 0.294. The molecule has 1 atom stereocenters. The summed E-state index contributed by atoms with van der Waals surface area (Å²) in [7, 11) is -0.498. The minimum Gasteiger partial charge on any atom is -0.330 e. The van der Waals surface area contributed by atoms with Gasteiger partial charge in [-0.3, -0.25) is 4.57 Å². The summed E-state index contributed by atoms with van der Waals surface area (Å²) in [6.07, 6.45) is 0. The molecular weight excluding hydrogens is 297 g/mol. The van der Waals surface area contributed by atoms with E-state index in [1.165, 1.54) is 14.2 Å².